The first-order chi connectivity index (χ1) is 7.38. The van der Waals surface area contributed by atoms with Crippen LogP contribution in [0.4, 0.5) is 0 Å². The fraction of sp³-hybridized carbons (Fsp3) is 0.636. The lowest BCUT2D eigenvalue weighted by molar-refractivity contribution is -0.146. The van der Waals surface area contributed by atoms with Gasteiger partial charge in [-0.2, -0.15) is 0 Å². The summed E-state index contributed by atoms with van der Waals surface area (Å²) in [4.78, 5) is 15.7. The molecule has 0 aliphatic carbocycles. The van der Waals surface area contributed by atoms with E-state index in [1.807, 2.05) is 24.6 Å². The Kier molecular flexibility index (Phi) is 3.70. The van der Waals surface area contributed by atoms with Gasteiger partial charge in [0.05, 0.1) is 13.7 Å². The van der Waals surface area contributed by atoms with Crippen LogP contribution in [0.5, 0.6) is 0 Å². The molecule has 0 radical (unpaired) electrons. The largest absolute Gasteiger partial charge is 0.468 e. The molecular formula is C11H19N3O2. The van der Waals surface area contributed by atoms with Gasteiger partial charge in [0.25, 0.3) is 0 Å². The minimum absolute atomic E-state index is 0.295. The molecular weight excluding hydrogens is 206 g/mol. The molecule has 1 atom stereocenters. The number of methoxy groups -OCH3 is 1. The number of carbonyl (C=O) groups is 1. The van der Waals surface area contributed by atoms with Gasteiger partial charge in [-0.25, -0.2) is 4.98 Å². The Morgan fingerprint density at radius 3 is 2.81 bits per heavy atom. The number of nitrogens with two attached hydrogens (primary N) is 1. The van der Waals surface area contributed by atoms with Crippen LogP contribution in [0.3, 0.4) is 0 Å². The first-order valence-electron chi connectivity index (χ1n) is 5.27. The highest BCUT2D eigenvalue weighted by atomic mass is 16.5. The summed E-state index contributed by atoms with van der Waals surface area (Å²) in [6.07, 6.45) is 3.53. The number of nitrogens with zero attached hydrogens (tertiary/aromatic N) is 2. The van der Waals surface area contributed by atoms with Gasteiger partial charge >= 0.3 is 5.97 Å². The molecule has 5 heteroatoms. The van der Waals surface area contributed by atoms with Crippen LogP contribution < -0.4 is 5.73 Å². The number of carbonyl (C=O) groups excluding carboxylic acids is 1. The first kappa shape index (κ1) is 12.7. The van der Waals surface area contributed by atoms with Gasteiger partial charge in [0.1, 0.15) is 11.4 Å². The van der Waals surface area contributed by atoms with Crippen LogP contribution in [0.2, 0.25) is 0 Å². The SMILES string of the molecule is COC(=O)C(C)(N)Cn1ccnc1C(C)C. The lowest BCUT2D eigenvalue weighted by Gasteiger charge is -2.23. The highest BCUT2D eigenvalue weighted by Crippen LogP contribution is 2.15. The molecule has 1 aromatic rings. The van der Waals surface area contributed by atoms with Crippen molar-refractivity contribution in [2.75, 3.05) is 7.11 Å². The van der Waals surface area contributed by atoms with Crippen molar-refractivity contribution in [2.45, 2.75) is 38.8 Å². The summed E-state index contributed by atoms with van der Waals surface area (Å²) >= 11 is 0. The molecule has 5 nitrogen and oxygen atoms in total. The van der Waals surface area contributed by atoms with Crippen LogP contribution in [0.1, 0.15) is 32.5 Å². The number of ether oxygens (including phenoxy) is 1. The van der Waals surface area contributed by atoms with Gasteiger partial charge in [0.15, 0.2) is 0 Å². The fourth-order valence-electron chi connectivity index (χ4n) is 1.61. The predicted molar refractivity (Wildman–Crippen MR) is 60.9 cm³/mol. The summed E-state index contributed by atoms with van der Waals surface area (Å²) in [6, 6.07) is 0. The lowest BCUT2D eigenvalue weighted by atomic mass is 10.0. The van der Waals surface area contributed by atoms with Crippen molar-refractivity contribution in [2.24, 2.45) is 5.73 Å². The van der Waals surface area contributed by atoms with Gasteiger partial charge in [0, 0.05) is 18.3 Å². The summed E-state index contributed by atoms with van der Waals surface area (Å²) in [5, 5.41) is 0. The van der Waals surface area contributed by atoms with Crippen LogP contribution in [-0.4, -0.2) is 28.2 Å². The number of hydrogen-bond donors (Lipinski definition) is 1. The van der Waals surface area contributed by atoms with E-state index >= 15 is 0 Å². The van der Waals surface area contributed by atoms with Crippen LogP contribution in [-0.2, 0) is 16.1 Å². The molecule has 0 saturated heterocycles. The molecule has 0 spiro atoms. The lowest BCUT2D eigenvalue weighted by Crippen LogP contribution is -2.49. The van der Waals surface area contributed by atoms with Crippen molar-refractivity contribution >= 4 is 5.97 Å². The number of esters is 1. The maximum atomic E-state index is 11.5. The monoisotopic (exact) mass is 225 g/mol. The van der Waals surface area contributed by atoms with Gasteiger partial charge in [-0.3, -0.25) is 4.79 Å². The zero-order valence-corrected chi connectivity index (χ0v) is 10.2. The van der Waals surface area contributed by atoms with Crippen molar-refractivity contribution in [1.82, 2.24) is 9.55 Å². The summed E-state index contributed by atoms with van der Waals surface area (Å²) in [5.74, 6) is 0.792. The Morgan fingerprint density at radius 2 is 2.31 bits per heavy atom. The smallest absolute Gasteiger partial charge is 0.327 e. The fourth-order valence-corrected chi connectivity index (χ4v) is 1.61. The summed E-state index contributed by atoms with van der Waals surface area (Å²) < 4.78 is 6.56. The molecule has 0 fully saturated rings. The zero-order chi connectivity index (χ0) is 12.3. The van der Waals surface area contributed by atoms with Crippen molar-refractivity contribution in [3.05, 3.63) is 18.2 Å². The summed E-state index contributed by atoms with van der Waals surface area (Å²) in [6.45, 7) is 6.12. The highest BCUT2D eigenvalue weighted by molar-refractivity contribution is 5.79. The molecule has 0 amide bonds. The standard InChI is InChI=1S/C11H19N3O2/c1-8(2)9-13-5-6-14(9)7-11(3,12)10(15)16-4/h5-6,8H,7,12H2,1-4H3. The average molecular weight is 225 g/mol. The molecule has 1 unspecified atom stereocenters. The molecule has 0 aromatic carbocycles. The van der Waals surface area contributed by atoms with E-state index in [9.17, 15) is 4.79 Å². The average Bonchev–Trinajstić information content (AvgIpc) is 2.63. The van der Waals surface area contributed by atoms with Gasteiger partial charge in [-0.15, -0.1) is 0 Å². The van der Waals surface area contributed by atoms with Crippen LogP contribution >= 0.6 is 0 Å². The zero-order valence-electron chi connectivity index (χ0n) is 10.2. The second kappa shape index (κ2) is 4.65. The third kappa shape index (κ3) is 2.61. The second-order valence-electron chi connectivity index (χ2n) is 4.48. The van der Waals surface area contributed by atoms with Crippen LogP contribution in [0.15, 0.2) is 12.4 Å². The second-order valence-corrected chi connectivity index (χ2v) is 4.48. The first-order valence-corrected chi connectivity index (χ1v) is 5.27. The van der Waals surface area contributed by atoms with Crippen LogP contribution in [0.25, 0.3) is 0 Å². The molecule has 1 heterocycles. The van der Waals surface area contributed by atoms with E-state index in [2.05, 4.69) is 9.72 Å². The van der Waals surface area contributed by atoms with Gasteiger partial charge in [-0.05, 0) is 6.92 Å². The van der Waals surface area contributed by atoms with Gasteiger partial charge < -0.3 is 15.0 Å². The van der Waals surface area contributed by atoms with Crippen molar-refractivity contribution in [3.63, 3.8) is 0 Å². The van der Waals surface area contributed by atoms with E-state index in [4.69, 9.17) is 5.73 Å². The van der Waals surface area contributed by atoms with E-state index in [0.717, 1.165) is 5.82 Å². The Morgan fingerprint density at radius 1 is 1.69 bits per heavy atom. The summed E-state index contributed by atoms with van der Waals surface area (Å²) in [5.41, 5.74) is 4.88. The third-order valence-electron chi connectivity index (χ3n) is 2.41. The molecule has 90 valence electrons. The Labute approximate surface area is 95.6 Å². The van der Waals surface area contributed by atoms with Gasteiger partial charge in [0.2, 0.25) is 0 Å². The predicted octanol–water partition coefficient (Wildman–Crippen LogP) is 0.897. The van der Waals surface area contributed by atoms with Gasteiger partial charge in [-0.1, -0.05) is 13.8 Å². The third-order valence-corrected chi connectivity index (χ3v) is 2.41. The Bertz CT molecular complexity index is 369. The molecule has 0 aliphatic rings. The van der Waals surface area contributed by atoms with Crippen molar-refractivity contribution in [3.8, 4) is 0 Å². The normalized spacial score (nSPS) is 14.9. The quantitative estimate of drug-likeness (QED) is 0.773. The maximum absolute atomic E-state index is 11.5. The Balaban J connectivity index is 2.88. The number of hydrogen-bond acceptors (Lipinski definition) is 4. The van der Waals surface area contributed by atoms with Crippen molar-refractivity contribution < 1.29 is 9.53 Å². The highest BCUT2D eigenvalue weighted by Gasteiger charge is 2.30. The molecule has 2 N–H and O–H groups in total. The minimum atomic E-state index is -1.03. The van der Waals surface area contributed by atoms with E-state index < -0.39 is 11.5 Å². The molecule has 1 aromatic heterocycles. The van der Waals surface area contributed by atoms with Crippen molar-refractivity contribution in [1.29, 1.82) is 0 Å². The topological polar surface area (TPSA) is 70.1 Å². The van der Waals surface area contributed by atoms with E-state index in [-0.39, 0.29) is 0 Å². The summed E-state index contributed by atoms with van der Waals surface area (Å²) in [7, 11) is 1.34. The molecule has 1 rings (SSSR count). The number of aromatic nitrogens is 2. The van der Waals surface area contributed by atoms with E-state index in [1.165, 1.54) is 7.11 Å². The maximum Gasteiger partial charge on any atom is 0.327 e. The van der Waals surface area contributed by atoms with E-state index in [1.54, 1.807) is 13.1 Å². The molecule has 0 saturated carbocycles. The van der Waals surface area contributed by atoms with Crippen LogP contribution in [0, 0.1) is 0 Å². The minimum Gasteiger partial charge on any atom is -0.468 e. The van der Waals surface area contributed by atoms with E-state index in [0.29, 0.717) is 12.5 Å². The molecule has 0 aliphatic heterocycles. The molecule has 0 bridgehead atoms. The Hall–Kier alpha value is -1.36. The molecule has 16 heavy (non-hydrogen) atoms. The number of rotatable bonds is 4. The number of imidazole rings is 1.